The molecule has 0 radical (unpaired) electrons. The van der Waals surface area contributed by atoms with Gasteiger partial charge >= 0.3 is 0 Å². The summed E-state index contributed by atoms with van der Waals surface area (Å²) in [6.07, 6.45) is 1.40. The standard InChI is InChI=1S/C16H14N4O5/c17-15(21)10-25-14-6-4-11(5-7-14)9-18-19-16(22)12-2-1-3-13(8-12)20(23)24/h1-9H,10H2,(H2,17,21)(H,19,22)/b18-9-. The fourth-order valence-electron chi connectivity index (χ4n) is 1.80. The first-order valence-corrected chi connectivity index (χ1v) is 7.05. The quantitative estimate of drug-likeness (QED) is 0.443. The Kier molecular flexibility index (Phi) is 5.77. The Labute approximate surface area is 142 Å². The van der Waals surface area contributed by atoms with E-state index < -0.39 is 16.7 Å². The first kappa shape index (κ1) is 17.6. The van der Waals surface area contributed by atoms with Crippen LogP contribution < -0.4 is 15.9 Å². The van der Waals surface area contributed by atoms with Gasteiger partial charge in [0.15, 0.2) is 6.61 Å². The molecule has 25 heavy (non-hydrogen) atoms. The maximum Gasteiger partial charge on any atom is 0.271 e. The van der Waals surface area contributed by atoms with Crippen LogP contribution in [-0.4, -0.2) is 29.6 Å². The van der Waals surface area contributed by atoms with Gasteiger partial charge in [0.05, 0.1) is 11.1 Å². The number of ether oxygens (including phenoxy) is 1. The van der Waals surface area contributed by atoms with Crippen molar-refractivity contribution < 1.29 is 19.2 Å². The molecule has 128 valence electrons. The van der Waals surface area contributed by atoms with Crippen molar-refractivity contribution in [2.45, 2.75) is 0 Å². The predicted octanol–water partition coefficient (Wildman–Crippen LogP) is 1.22. The molecule has 0 aliphatic carbocycles. The molecule has 0 aromatic heterocycles. The van der Waals surface area contributed by atoms with Gasteiger partial charge in [-0.15, -0.1) is 0 Å². The second-order valence-corrected chi connectivity index (χ2v) is 4.83. The normalized spacial score (nSPS) is 10.4. The number of nitrogens with zero attached hydrogens (tertiary/aromatic N) is 2. The number of hydrogen-bond acceptors (Lipinski definition) is 6. The highest BCUT2D eigenvalue weighted by molar-refractivity contribution is 5.95. The SMILES string of the molecule is NC(=O)COc1ccc(/C=N\NC(=O)c2cccc([N+](=O)[O-])c2)cc1. The molecule has 0 bridgehead atoms. The number of hydrogen-bond donors (Lipinski definition) is 2. The number of benzene rings is 2. The minimum atomic E-state index is -0.581. The van der Waals surface area contributed by atoms with E-state index in [0.29, 0.717) is 11.3 Å². The number of primary amides is 1. The summed E-state index contributed by atoms with van der Waals surface area (Å²) >= 11 is 0. The lowest BCUT2D eigenvalue weighted by atomic mass is 10.2. The first-order chi connectivity index (χ1) is 12.0. The number of nitro groups is 1. The molecule has 9 heteroatoms. The minimum Gasteiger partial charge on any atom is -0.484 e. The molecular weight excluding hydrogens is 328 g/mol. The van der Waals surface area contributed by atoms with Crippen LogP contribution >= 0.6 is 0 Å². The van der Waals surface area contributed by atoms with Gasteiger partial charge in [-0.05, 0) is 35.9 Å². The molecule has 2 aromatic carbocycles. The lowest BCUT2D eigenvalue weighted by Gasteiger charge is -2.03. The third-order valence-electron chi connectivity index (χ3n) is 2.96. The van der Waals surface area contributed by atoms with Gasteiger partial charge in [-0.1, -0.05) is 6.07 Å². The molecule has 3 N–H and O–H groups in total. The van der Waals surface area contributed by atoms with Crippen LogP contribution in [0.3, 0.4) is 0 Å². The summed E-state index contributed by atoms with van der Waals surface area (Å²) in [6.45, 7) is -0.216. The number of nitrogens with one attached hydrogen (secondary N) is 1. The molecule has 0 aliphatic heterocycles. The molecule has 2 aromatic rings. The third kappa shape index (κ3) is 5.43. The highest BCUT2D eigenvalue weighted by Gasteiger charge is 2.10. The van der Waals surface area contributed by atoms with E-state index in [4.69, 9.17) is 10.5 Å². The molecule has 2 rings (SSSR count). The zero-order valence-electron chi connectivity index (χ0n) is 12.9. The van der Waals surface area contributed by atoms with Crippen LogP contribution in [-0.2, 0) is 4.79 Å². The molecule has 0 unspecified atom stereocenters. The highest BCUT2D eigenvalue weighted by Crippen LogP contribution is 2.13. The van der Waals surface area contributed by atoms with E-state index in [0.717, 1.165) is 6.07 Å². The molecule has 0 aliphatic rings. The summed E-state index contributed by atoms with van der Waals surface area (Å²) in [4.78, 5) is 32.6. The molecule has 0 saturated carbocycles. The zero-order valence-corrected chi connectivity index (χ0v) is 12.9. The van der Waals surface area contributed by atoms with Crippen LogP contribution in [0.1, 0.15) is 15.9 Å². The smallest absolute Gasteiger partial charge is 0.271 e. The maximum atomic E-state index is 11.9. The van der Waals surface area contributed by atoms with Crippen LogP contribution in [0.2, 0.25) is 0 Å². The number of hydrazone groups is 1. The van der Waals surface area contributed by atoms with E-state index in [2.05, 4.69) is 10.5 Å². The molecule has 0 saturated heterocycles. The zero-order chi connectivity index (χ0) is 18.2. The van der Waals surface area contributed by atoms with Crippen LogP contribution in [0.5, 0.6) is 5.75 Å². The lowest BCUT2D eigenvalue weighted by molar-refractivity contribution is -0.384. The number of carbonyl (C=O) groups excluding carboxylic acids is 2. The number of amides is 2. The summed E-state index contributed by atoms with van der Waals surface area (Å²) in [5, 5.41) is 14.5. The van der Waals surface area contributed by atoms with Gasteiger partial charge in [0.25, 0.3) is 17.5 Å². The Morgan fingerprint density at radius 2 is 1.96 bits per heavy atom. The number of nitro benzene ring substituents is 1. The maximum absolute atomic E-state index is 11.9. The molecule has 0 atom stereocenters. The Bertz CT molecular complexity index is 818. The fraction of sp³-hybridized carbons (Fsp3) is 0.0625. The summed E-state index contributed by atoms with van der Waals surface area (Å²) in [5.74, 6) is -0.674. The molecule has 9 nitrogen and oxygen atoms in total. The van der Waals surface area contributed by atoms with Crippen LogP contribution in [0.4, 0.5) is 5.69 Å². The van der Waals surface area contributed by atoms with E-state index in [1.807, 2.05) is 0 Å². The third-order valence-corrected chi connectivity index (χ3v) is 2.96. The summed E-state index contributed by atoms with van der Waals surface area (Å²) < 4.78 is 5.11. The van der Waals surface area contributed by atoms with Gasteiger partial charge in [0, 0.05) is 17.7 Å². The first-order valence-electron chi connectivity index (χ1n) is 7.05. The lowest BCUT2D eigenvalue weighted by Crippen LogP contribution is -2.20. The van der Waals surface area contributed by atoms with Crippen molar-refractivity contribution >= 4 is 23.7 Å². The molecule has 0 heterocycles. The summed E-state index contributed by atoms with van der Waals surface area (Å²) in [6, 6.07) is 11.9. The van der Waals surface area contributed by atoms with Crippen LogP contribution in [0.25, 0.3) is 0 Å². The van der Waals surface area contributed by atoms with E-state index in [1.54, 1.807) is 24.3 Å². The van der Waals surface area contributed by atoms with E-state index in [-0.39, 0.29) is 17.9 Å². The minimum absolute atomic E-state index is 0.126. The Morgan fingerprint density at radius 1 is 1.24 bits per heavy atom. The second-order valence-electron chi connectivity index (χ2n) is 4.83. The predicted molar refractivity (Wildman–Crippen MR) is 89.3 cm³/mol. The summed E-state index contributed by atoms with van der Waals surface area (Å²) in [7, 11) is 0. The Hall–Kier alpha value is -3.75. The van der Waals surface area contributed by atoms with Gasteiger partial charge < -0.3 is 10.5 Å². The van der Waals surface area contributed by atoms with Gasteiger partial charge in [-0.25, -0.2) is 5.43 Å². The van der Waals surface area contributed by atoms with Crippen LogP contribution in [0.15, 0.2) is 53.6 Å². The topological polar surface area (TPSA) is 137 Å². The van der Waals surface area contributed by atoms with Crippen molar-refractivity contribution in [2.75, 3.05) is 6.61 Å². The summed E-state index contributed by atoms with van der Waals surface area (Å²) in [5.41, 5.74) is 7.88. The van der Waals surface area contributed by atoms with E-state index >= 15 is 0 Å². The van der Waals surface area contributed by atoms with Crippen LogP contribution in [0, 0.1) is 10.1 Å². The molecule has 2 amide bonds. The number of non-ortho nitro benzene ring substituents is 1. The van der Waals surface area contributed by atoms with Gasteiger partial charge in [-0.2, -0.15) is 5.10 Å². The Morgan fingerprint density at radius 3 is 2.60 bits per heavy atom. The Balaban J connectivity index is 1.94. The monoisotopic (exact) mass is 342 g/mol. The van der Waals surface area contributed by atoms with Crippen molar-refractivity contribution in [1.29, 1.82) is 0 Å². The number of rotatable bonds is 7. The van der Waals surface area contributed by atoms with E-state index in [1.165, 1.54) is 24.4 Å². The van der Waals surface area contributed by atoms with Gasteiger partial charge in [0.2, 0.25) is 0 Å². The van der Waals surface area contributed by atoms with Crippen molar-refractivity contribution in [3.63, 3.8) is 0 Å². The average Bonchev–Trinajstić information content (AvgIpc) is 2.61. The fourth-order valence-corrected chi connectivity index (χ4v) is 1.80. The number of carbonyl (C=O) groups is 2. The van der Waals surface area contributed by atoms with Crippen molar-refractivity contribution in [3.05, 3.63) is 69.8 Å². The highest BCUT2D eigenvalue weighted by atomic mass is 16.6. The number of nitrogens with two attached hydrogens (primary N) is 1. The average molecular weight is 342 g/mol. The molecular formula is C16H14N4O5. The molecule has 0 spiro atoms. The van der Waals surface area contributed by atoms with Crippen molar-refractivity contribution in [2.24, 2.45) is 10.8 Å². The van der Waals surface area contributed by atoms with Gasteiger partial charge in [0.1, 0.15) is 5.75 Å². The van der Waals surface area contributed by atoms with E-state index in [9.17, 15) is 19.7 Å². The van der Waals surface area contributed by atoms with Gasteiger partial charge in [-0.3, -0.25) is 19.7 Å². The largest absolute Gasteiger partial charge is 0.484 e. The van der Waals surface area contributed by atoms with Crippen molar-refractivity contribution in [3.8, 4) is 5.75 Å². The second kappa shape index (κ2) is 8.20. The van der Waals surface area contributed by atoms with Crippen molar-refractivity contribution in [1.82, 2.24) is 5.43 Å². The molecule has 0 fully saturated rings.